The van der Waals surface area contributed by atoms with E-state index in [9.17, 15) is 9.59 Å². The normalized spacial score (nSPS) is 14.2. The Balaban J connectivity index is 1.73. The Morgan fingerprint density at radius 2 is 2.10 bits per heavy atom. The minimum atomic E-state index is -0.272. The van der Waals surface area contributed by atoms with Crippen LogP contribution in [0.25, 0.3) is 22.4 Å². The van der Waals surface area contributed by atoms with Crippen molar-refractivity contribution in [3.05, 3.63) is 34.2 Å². The van der Waals surface area contributed by atoms with E-state index in [0.717, 1.165) is 0 Å². The van der Waals surface area contributed by atoms with Crippen molar-refractivity contribution < 1.29 is 14.3 Å². The highest BCUT2D eigenvalue weighted by molar-refractivity contribution is 5.91. The first kappa shape index (κ1) is 19.9. The fraction of sp³-hybridized carbons (Fsp3) is 0.400. The van der Waals surface area contributed by atoms with Crippen LogP contribution < -0.4 is 15.6 Å². The zero-order chi connectivity index (χ0) is 21.3. The molecule has 0 atom stereocenters. The summed E-state index contributed by atoms with van der Waals surface area (Å²) < 4.78 is 12.6. The number of morpholine rings is 1. The van der Waals surface area contributed by atoms with Gasteiger partial charge in [0.2, 0.25) is 0 Å². The number of fused-ring (bicyclic) bond motifs is 1. The van der Waals surface area contributed by atoms with Gasteiger partial charge in [-0.15, -0.1) is 0 Å². The van der Waals surface area contributed by atoms with Gasteiger partial charge in [-0.05, 0) is 32.0 Å². The molecular formula is C20H24N6O4. The van der Waals surface area contributed by atoms with Gasteiger partial charge in [0, 0.05) is 25.8 Å². The molecule has 10 nitrogen and oxygen atoms in total. The second-order valence-corrected chi connectivity index (χ2v) is 7.00. The zero-order valence-corrected chi connectivity index (χ0v) is 17.2. The molecule has 1 aliphatic rings. The third-order valence-corrected chi connectivity index (χ3v) is 4.95. The lowest BCUT2D eigenvalue weighted by Gasteiger charge is -2.27. The lowest BCUT2D eigenvalue weighted by atomic mass is 10.1. The van der Waals surface area contributed by atoms with E-state index in [1.165, 1.54) is 0 Å². The lowest BCUT2D eigenvalue weighted by molar-refractivity contribution is 0.0564. The maximum absolute atomic E-state index is 12.7. The predicted octanol–water partition coefficient (Wildman–Crippen LogP) is 1.89. The zero-order valence-electron chi connectivity index (χ0n) is 17.2. The maximum Gasteiger partial charge on any atom is 0.321 e. The number of anilines is 1. The van der Waals surface area contributed by atoms with Gasteiger partial charge >= 0.3 is 6.03 Å². The van der Waals surface area contributed by atoms with E-state index in [-0.39, 0.29) is 11.6 Å². The Morgan fingerprint density at radius 1 is 1.33 bits per heavy atom. The van der Waals surface area contributed by atoms with E-state index in [1.54, 1.807) is 41.8 Å². The molecule has 0 radical (unpaired) electrons. The van der Waals surface area contributed by atoms with E-state index in [0.29, 0.717) is 72.5 Å². The fourth-order valence-corrected chi connectivity index (χ4v) is 3.51. The molecule has 1 aliphatic heterocycles. The summed E-state index contributed by atoms with van der Waals surface area (Å²) in [4.78, 5) is 34.3. The van der Waals surface area contributed by atoms with Gasteiger partial charge in [0.05, 0.1) is 31.1 Å². The molecule has 2 amide bonds. The largest absolute Gasteiger partial charge is 0.493 e. The molecule has 2 N–H and O–H groups in total. The molecule has 0 saturated carbocycles. The van der Waals surface area contributed by atoms with Gasteiger partial charge in [-0.1, -0.05) is 0 Å². The number of benzene rings is 1. The van der Waals surface area contributed by atoms with Gasteiger partial charge in [-0.2, -0.15) is 5.10 Å². The number of carbonyl (C=O) groups excluding carboxylic acids is 1. The first-order chi connectivity index (χ1) is 14.5. The van der Waals surface area contributed by atoms with E-state index in [4.69, 9.17) is 9.47 Å². The van der Waals surface area contributed by atoms with Gasteiger partial charge in [0.15, 0.2) is 5.65 Å². The second-order valence-electron chi connectivity index (χ2n) is 7.00. The number of aromatic amines is 1. The highest BCUT2D eigenvalue weighted by Gasteiger charge is 2.19. The van der Waals surface area contributed by atoms with Crippen molar-refractivity contribution >= 4 is 22.8 Å². The molecule has 0 spiro atoms. The summed E-state index contributed by atoms with van der Waals surface area (Å²) >= 11 is 0. The van der Waals surface area contributed by atoms with Crippen LogP contribution in [0, 0.1) is 6.92 Å². The minimum absolute atomic E-state index is 0.201. The van der Waals surface area contributed by atoms with Crippen molar-refractivity contribution in [1.29, 1.82) is 0 Å². The summed E-state index contributed by atoms with van der Waals surface area (Å²) in [6, 6.07) is 5.06. The average molecular weight is 412 g/mol. The Hall–Kier alpha value is -3.40. The molecule has 1 saturated heterocycles. The number of aromatic nitrogens is 4. The summed E-state index contributed by atoms with van der Waals surface area (Å²) in [6.07, 6.45) is 0. The topological polar surface area (TPSA) is 114 Å². The fourth-order valence-electron chi connectivity index (χ4n) is 3.51. The molecule has 0 unspecified atom stereocenters. The first-order valence-corrected chi connectivity index (χ1v) is 9.82. The Kier molecular flexibility index (Phi) is 5.40. The van der Waals surface area contributed by atoms with E-state index in [2.05, 4.69) is 20.4 Å². The van der Waals surface area contributed by atoms with Gasteiger partial charge in [0.25, 0.3) is 5.56 Å². The highest BCUT2D eigenvalue weighted by Crippen LogP contribution is 2.31. The summed E-state index contributed by atoms with van der Waals surface area (Å²) in [7, 11) is 1.74. The first-order valence-electron chi connectivity index (χ1n) is 9.82. The summed E-state index contributed by atoms with van der Waals surface area (Å²) in [5, 5.41) is 7.63. The van der Waals surface area contributed by atoms with Crippen LogP contribution in [0.2, 0.25) is 0 Å². The van der Waals surface area contributed by atoms with Crippen LogP contribution in [0.5, 0.6) is 5.75 Å². The molecule has 1 fully saturated rings. The summed E-state index contributed by atoms with van der Waals surface area (Å²) in [5.74, 6) is 0.907. The number of aryl methyl sites for hydroxylation is 2. The van der Waals surface area contributed by atoms with Gasteiger partial charge in [-0.25, -0.2) is 14.5 Å². The standard InChI is InChI=1S/C20H24N6O4/c1-4-30-15-6-5-13(21-20(28)26-7-9-29-10-8-26)11-14(15)17-22-18-16(19(27)23-17)12(2)24-25(18)3/h5-6,11H,4,7-10H2,1-3H3,(H,21,28)(H,22,23,27). The van der Waals surface area contributed by atoms with Crippen LogP contribution >= 0.6 is 0 Å². The van der Waals surface area contributed by atoms with E-state index in [1.807, 2.05) is 6.92 Å². The number of hydrogen-bond acceptors (Lipinski definition) is 6. The van der Waals surface area contributed by atoms with Crippen LogP contribution in [0.3, 0.4) is 0 Å². The average Bonchev–Trinajstić information content (AvgIpc) is 3.03. The molecule has 0 aliphatic carbocycles. The highest BCUT2D eigenvalue weighted by atomic mass is 16.5. The second kappa shape index (κ2) is 8.15. The number of carbonyl (C=O) groups is 1. The molecule has 1 aromatic carbocycles. The molecule has 3 heterocycles. The van der Waals surface area contributed by atoms with Crippen LogP contribution in [0.15, 0.2) is 23.0 Å². The molecule has 10 heteroatoms. The van der Waals surface area contributed by atoms with Gasteiger partial charge < -0.3 is 24.7 Å². The molecule has 2 aromatic heterocycles. The number of nitrogens with one attached hydrogen (secondary N) is 2. The molecular weight excluding hydrogens is 388 g/mol. The molecule has 30 heavy (non-hydrogen) atoms. The number of rotatable bonds is 4. The van der Waals surface area contributed by atoms with Crippen molar-refractivity contribution in [2.75, 3.05) is 38.2 Å². The summed E-state index contributed by atoms with van der Waals surface area (Å²) in [6.45, 7) is 6.23. The number of urea groups is 1. The Bertz CT molecular complexity index is 1150. The van der Waals surface area contributed by atoms with Crippen LogP contribution in [0.4, 0.5) is 10.5 Å². The van der Waals surface area contributed by atoms with Gasteiger partial charge in [0.1, 0.15) is 17.0 Å². The number of ether oxygens (including phenoxy) is 2. The lowest BCUT2D eigenvalue weighted by Crippen LogP contribution is -2.43. The minimum Gasteiger partial charge on any atom is -0.493 e. The van der Waals surface area contributed by atoms with Crippen molar-refractivity contribution in [2.45, 2.75) is 13.8 Å². The monoisotopic (exact) mass is 412 g/mol. The Morgan fingerprint density at radius 3 is 2.83 bits per heavy atom. The number of H-pyrrole nitrogens is 1. The van der Waals surface area contributed by atoms with Gasteiger partial charge in [-0.3, -0.25) is 4.79 Å². The van der Waals surface area contributed by atoms with Crippen LogP contribution in [0.1, 0.15) is 12.6 Å². The number of amides is 2. The van der Waals surface area contributed by atoms with Crippen molar-refractivity contribution in [3.63, 3.8) is 0 Å². The smallest absolute Gasteiger partial charge is 0.321 e. The maximum atomic E-state index is 12.7. The number of nitrogens with zero attached hydrogens (tertiary/aromatic N) is 4. The molecule has 0 bridgehead atoms. The predicted molar refractivity (Wildman–Crippen MR) is 112 cm³/mol. The SMILES string of the molecule is CCOc1ccc(NC(=O)N2CCOCC2)cc1-c1nc2c(c(C)nn2C)c(=O)[nH]1. The van der Waals surface area contributed by atoms with Crippen molar-refractivity contribution in [1.82, 2.24) is 24.6 Å². The van der Waals surface area contributed by atoms with Crippen molar-refractivity contribution in [2.24, 2.45) is 7.05 Å². The third kappa shape index (κ3) is 3.73. The van der Waals surface area contributed by atoms with Crippen LogP contribution in [-0.4, -0.2) is 63.6 Å². The van der Waals surface area contributed by atoms with Crippen molar-refractivity contribution in [3.8, 4) is 17.1 Å². The molecule has 3 aromatic rings. The molecule has 4 rings (SSSR count). The number of hydrogen-bond donors (Lipinski definition) is 2. The van der Waals surface area contributed by atoms with E-state index >= 15 is 0 Å². The quantitative estimate of drug-likeness (QED) is 0.676. The van der Waals surface area contributed by atoms with E-state index < -0.39 is 0 Å². The molecule has 158 valence electrons. The summed E-state index contributed by atoms with van der Waals surface area (Å²) in [5.41, 5.74) is 1.98. The third-order valence-electron chi connectivity index (χ3n) is 4.95. The van der Waals surface area contributed by atoms with Crippen LogP contribution in [-0.2, 0) is 11.8 Å². The Labute approximate surface area is 172 Å².